The van der Waals surface area contributed by atoms with Crippen LogP contribution in [0.2, 0.25) is 0 Å². The van der Waals surface area contributed by atoms with Crippen LogP contribution in [0.15, 0.2) is 0 Å². The minimum atomic E-state index is -0.380. The van der Waals surface area contributed by atoms with Gasteiger partial charge in [0.15, 0.2) is 0 Å². The molecular weight excluding hydrogens is 277 g/mol. The number of hydrogen-bond acceptors (Lipinski definition) is 3. The molecule has 1 rings (SSSR count). The Morgan fingerprint density at radius 2 is 2.09 bits per heavy atom. The van der Waals surface area contributed by atoms with Gasteiger partial charge in [0.1, 0.15) is 0 Å². The van der Waals surface area contributed by atoms with Crippen molar-refractivity contribution in [2.24, 2.45) is 11.3 Å². The summed E-state index contributed by atoms with van der Waals surface area (Å²) in [5, 5.41) is 2.86. The maximum atomic E-state index is 10.9. The van der Waals surface area contributed by atoms with Gasteiger partial charge in [-0.15, -0.1) is 0 Å². The Balaban J connectivity index is 2.87. The van der Waals surface area contributed by atoms with Crippen LogP contribution in [0.4, 0.5) is 0 Å². The molecule has 1 N–H and O–H groups in total. The van der Waals surface area contributed by atoms with Crippen LogP contribution in [0.1, 0.15) is 73.1 Å². The predicted octanol–water partition coefficient (Wildman–Crippen LogP) is 3.59. The van der Waals surface area contributed by atoms with Crippen LogP contribution in [-0.2, 0) is 14.1 Å². The summed E-state index contributed by atoms with van der Waals surface area (Å²) in [4.78, 5) is 10.9. The van der Waals surface area contributed by atoms with Crippen LogP contribution >= 0.6 is 0 Å². The molecule has 1 fully saturated rings. The largest absolute Gasteiger partial charge is 0.481 e. The fourth-order valence-corrected chi connectivity index (χ4v) is 3.69. The molecule has 0 aliphatic heterocycles. The van der Waals surface area contributed by atoms with E-state index < -0.39 is 0 Å². The highest BCUT2D eigenvalue weighted by molar-refractivity contribution is 6.46. The first-order valence-corrected chi connectivity index (χ1v) is 8.74. The van der Waals surface area contributed by atoms with Gasteiger partial charge in [-0.2, -0.15) is 0 Å². The monoisotopic (exact) mass is 311 g/mol. The fourth-order valence-electron chi connectivity index (χ4n) is 3.69. The summed E-state index contributed by atoms with van der Waals surface area (Å²) in [5.41, 5.74) is 0.123. The molecule has 0 aromatic carbocycles. The van der Waals surface area contributed by atoms with Gasteiger partial charge in [-0.3, -0.25) is 4.79 Å². The standard InChI is InChI=1S/C17H34BNO3/c1-7-9-15(19-13-20)18(21-6)22-17(8-2)11-10-14(3)16(4,5)12-17/h13-15H,7-12H2,1-6H3,(H,19,20)/t14-,15?,17+/m0/s1. The summed E-state index contributed by atoms with van der Waals surface area (Å²) in [6.07, 6.45) is 6.85. The Hall–Kier alpha value is -0.545. The molecule has 0 aromatic heterocycles. The first-order valence-electron chi connectivity index (χ1n) is 8.74. The zero-order valence-electron chi connectivity index (χ0n) is 15.3. The van der Waals surface area contributed by atoms with E-state index >= 15 is 0 Å². The second-order valence-corrected chi connectivity index (χ2v) is 7.54. The van der Waals surface area contributed by atoms with Gasteiger partial charge < -0.3 is 14.6 Å². The van der Waals surface area contributed by atoms with Crippen molar-refractivity contribution in [3.63, 3.8) is 0 Å². The third-order valence-electron chi connectivity index (χ3n) is 5.60. The molecule has 1 saturated carbocycles. The van der Waals surface area contributed by atoms with Crippen molar-refractivity contribution >= 4 is 13.5 Å². The predicted molar refractivity (Wildman–Crippen MR) is 91.6 cm³/mol. The Kier molecular flexibility index (Phi) is 7.40. The average Bonchev–Trinajstić information content (AvgIpc) is 2.48. The second-order valence-electron chi connectivity index (χ2n) is 7.54. The molecule has 1 unspecified atom stereocenters. The van der Waals surface area contributed by atoms with Gasteiger partial charge in [-0.25, -0.2) is 0 Å². The van der Waals surface area contributed by atoms with Crippen molar-refractivity contribution in [2.75, 3.05) is 7.11 Å². The Labute approximate surface area is 136 Å². The van der Waals surface area contributed by atoms with E-state index in [-0.39, 0.29) is 24.1 Å². The maximum absolute atomic E-state index is 10.9. The van der Waals surface area contributed by atoms with Gasteiger partial charge in [-0.1, -0.05) is 41.0 Å². The molecule has 3 atom stereocenters. The summed E-state index contributed by atoms with van der Waals surface area (Å²) in [6.45, 7) is 11.3. The van der Waals surface area contributed by atoms with E-state index in [1.807, 2.05) is 0 Å². The summed E-state index contributed by atoms with van der Waals surface area (Å²) in [6, 6.07) is 0. The quantitative estimate of drug-likeness (QED) is 0.523. The normalized spacial score (nSPS) is 28.9. The van der Waals surface area contributed by atoms with E-state index in [9.17, 15) is 4.79 Å². The van der Waals surface area contributed by atoms with Crippen LogP contribution < -0.4 is 5.32 Å². The first kappa shape index (κ1) is 19.5. The molecule has 0 bridgehead atoms. The number of nitrogens with one attached hydrogen (secondary N) is 1. The van der Waals surface area contributed by atoms with Crippen molar-refractivity contribution in [3.8, 4) is 0 Å². The molecule has 0 spiro atoms. The van der Waals surface area contributed by atoms with Gasteiger partial charge >= 0.3 is 7.12 Å². The van der Waals surface area contributed by atoms with Crippen LogP contribution in [0.25, 0.3) is 0 Å². The molecule has 0 heterocycles. The SMILES string of the molecule is CCCC(NC=O)B(OC)O[C@]1(CC)CC[C@H](C)C(C)(C)C1. The maximum Gasteiger partial charge on any atom is 0.481 e. The van der Waals surface area contributed by atoms with E-state index in [1.54, 1.807) is 7.11 Å². The zero-order chi connectivity index (χ0) is 16.8. The number of rotatable bonds is 9. The molecule has 1 aliphatic carbocycles. The van der Waals surface area contributed by atoms with E-state index in [0.29, 0.717) is 5.92 Å². The van der Waals surface area contributed by atoms with Crippen molar-refractivity contribution in [2.45, 2.75) is 84.7 Å². The fraction of sp³-hybridized carbons (Fsp3) is 0.941. The summed E-state index contributed by atoms with van der Waals surface area (Å²) in [5.74, 6) is 0.620. The lowest BCUT2D eigenvalue weighted by molar-refractivity contribution is -0.110. The first-order chi connectivity index (χ1) is 10.3. The number of carbonyl (C=O) groups excluding carboxylic acids is 1. The van der Waals surface area contributed by atoms with Gasteiger partial charge in [0.2, 0.25) is 6.41 Å². The molecule has 1 amide bonds. The molecule has 1 aliphatic rings. The smallest absolute Gasteiger partial charge is 0.413 e. The Bertz CT molecular complexity index is 351. The Morgan fingerprint density at radius 1 is 1.41 bits per heavy atom. The minimum Gasteiger partial charge on any atom is -0.413 e. The van der Waals surface area contributed by atoms with Crippen molar-refractivity contribution in [3.05, 3.63) is 0 Å². The van der Waals surface area contributed by atoms with Crippen LogP contribution in [0.3, 0.4) is 0 Å². The van der Waals surface area contributed by atoms with Gasteiger partial charge in [0.05, 0.1) is 11.5 Å². The number of carbonyl (C=O) groups is 1. The molecule has 4 nitrogen and oxygen atoms in total. The molecule has 5 heteroatoms. The molecule has 128 valence electrons. The topological polar surface area (TPSA) is 47.6 Å². The van der Waals surface area contributed by atoms with E-state index in [0.717, 1.165) is 38.5 Å². The molecule has 0 radical (unpaired) electrons. The second kappa shape index (κ2) is 8.35. The van der Waals surface area contributed by atoms with E-state index in [2.05, 4.69) is 39.9 Å². The average molecular weight is 311 g/mol. The minimum absolute atomic E-state index is 0.0848. The van der Waals surface area contributed by atoms with Crippen molar-refractivity contribution < 1.29 is 14.1 Å². The number of amides is 1. The van der Waals surface area contributed by atoms with E-state index in [1.165, 1.54) is 6.42 Å². The van der Waals surface area contributed by atoms with Crippen LogP contribution in [-0.4, -0.2) is 32.2 Å². The summed E-state index contributed by atoms with van der Waals surface area (Å²) < 4.78 is 12.1. The lowest BCUT2D eigenvalue weighted by Gasteiger charge is -2.49. The number of hydrogen-bond donors (Lipinski definition) is 1. The lowest BCUT2D eigenvalue weighted by Crippen LogP contribution is -2.54. The van der Waals surface area contributed by atoms with Gasteiger partial charge in [0, 0.05) is 7.11 Å². The molecule has 0 aromatic rings. The third kappa shape index (κ3) is 4.72. The zero-order valence-corrected chi connectivity index (χ0v) is 15.3. The Morgan fingerprint density at radius 3 is 2.55 bits per heavy atom. The molecule has 22 heavy (non-hydrogen) atoms. The highest BCUT2D eigenvalue weighted by Crippen LogP contribution is 2.48. The van der Waals surface area contributed by atoms with E-state index in [4.69, 9.17) is 9.31 Å². The summed E-state index contributed by atoms with van der Waals surface area (Å²) >= 11 is 0. The summed E-state index contributed by atoms with van der Waals surface area (Å²) in [7, 11) is 1.29. The highest BCUT2D eigenvalue weighted by atomic mass is 16.6. The van der Waals surface area contributed by atoms with Crippen molar-refractivity contribution in [1.82, 2.24) is 5.32 Å². The molecule has 0 saturated heterocycles. The third-order valence-corrected chi connectivity index (χ3v) is 5.60. The van der Waals surface area contributed by atoms with Gasteiger partial charge in [-0.05, 0) is 43.4 Å². The van der Waals surface area contributed by atoms with Gasteiger partial charge in [0.25, 0.3) is 0 Å². The van der Waals surface area contributed by atoms with Crippen LogP contribution in [0.5, 0.6) is 0 Å². The lowest BCUT2D eigenvalue weighted by atomic mass is 9.62. The van der Waals surface area contributed by atoms with Crippen molar-refractivity contribution in [1.29, 1.82) is 0 Å². The van der Waals surface area contributed by atoms with Crippen LogP contribution in [0, 0.1) is 11.3 Å². The highest BCUT2D eigenvalue weighted by Gasteiger charge is 2.46. The molecular formula is C17H34BNO3.